The van der Waals surface area contributed by atoms with Gasteiger partial charge in [0.25, 0.3) is 0 Å². The zero-order chi connectivity index (χ0) is 7.94. The van der Waals surface area contributed by atoms with Crippen molar-refractivity contribution in [2.24, 2.45) is 5.92 Å². The summed E-state index contributed by atoms with van der Waals surface area (Å²) in [5, 5.41) is 0. The van der Waals surface area contributed by atoms with E-state index in [1.165, 1.54) is 38.5 Å². The largest absolute Gasteiger partial charge is 0.381 e. The van der Waals surface area contributed by atoms with Crippen molar-refractivity contribution in [2.45, 2.75) is 45.4 Å². The van der Waals surface area contributed by atoms with E-state index in [2.05, 4.69) is 6.92 Å². The van der Waals surface area contributed by atoms with Crippen molar-refractivity contribution in [1.29, 1.82) is 0 Å². The first-order valence-corrected chi connectivity index (χ1v) is 5.01. The van der Waals surface area contributed by atoms with Gasteiger partial charge in [-0.15, -0.1) is 0 Å². The summed E-state index contributed by atoms with van der Waals surface area (Å²) in [5.41, 5.74) is 0. The number of ether oxygens (including phenoxy) is 1. The maximum atomic E-state index is 5.54. The van der Waals surface area contributed by atoms with E-state index in [4.69, 9.17) is 4.74 Å². The van der Waals surface area contributed by atoms with Crippen LogP contribution in [0.5, 0.6) is 0 Å². The zero-order valence-electron chi connectivity index (χ0n) is 7.64. The van der Waals surface area contributed by atoms with Crippen LogP contribution in [0.15, 0.2) is 0 Å². The Kier molecular flexibility index (Phi) is 4.60. The standard InChI is InChI=1S/C10H20O/c1-2-6-10-7-4-3-5-8-11-9-10/h10H,2-9H2,1H3. The van der Waals surface area contributed by atoms with Crippen LogP contribution in [-0.4, -0.2) is 13.2 Å². The van der Waals surface area contributed by atoms with E-state index in [1.807, 2.05) is 0 Å². The minimum Gasteiger partial charge on any atom is -0.381 e. The molecule has 0 N–H and O–H groups in total. The Morgan fingerprint density at radius 1 is 1.27 bits per heavy atom. The average molecular weight is 156 g/mol. The molecule has 1 saturated heterocycles. The maximum absolute atomic E-state index is 5.54. The summed E-state index contributed by atoms with van der Waals surface area (Å²) in [6.45, 7) is 4.28. The molecule has 1 fully saturated rings. The molecule has 1 heteroatoms. The van der Waals surface area contributed by atoms with Gasteiger partial charge in [0.2, 0.25) is 0 Å². The van der Waals surface area contributed by atoms with E-state index in [-0.39, 0.29) is 0 Å². The summed E-state index contributed by atoms with van der Waals surface area (Å²) in [6, 6.07) is 0. The van der Waals surface area contributed by atoms with Crippen LogP contribution in [0.3, 0.4) is 0 Å². The smallest absolute Gasteiger partial charge is 0.0494 e. The van der Waals surface area contributed by atoms with Crippen LogP contribution in [0.25, 0.3) is 0 Å². The Balaban J connectivity index is 2.15. The molecule has 0 aromatic heterocycles. The Bertz CT molecular complexity index is 82.9. The van der Waals surface area contributed by atoms with Crippen molar-refractivity contribution >= 4 is 0 Å². The van der Waals surface area contributed by atoms with Crippen LogP contribution >= 0.6 is 0 Å². The van der Waals surface area contributed by atoms with Gasteiger partial charge in [0.15, 0.2) is 0 Å². The first-order chi connectivity index (χ1) is 5.43. The molecule has 1 aliphatic heterocycles. The van der Waals surface area contributed by atoms with Gasteiger partial charge in [-0.2, -0.15) is 0 Å². The summed E-state index contributed by atoms with van der Waals surface area (Å²) in [4.78, 5) is 0. The summed E-state index contributed by atoms with van der Waals surface area (Å²) >= 11 is 0. The molecule has 0 amide bonds. The molecule has 1 unspecified atom stereocenters. The van der Waals surface area contributed by atoms with Gasteiger partial charge in [-0.05, 0) is 25.2 Å². The van der Waals surface area contributed by atoms with Crippen molar-refractivity contribution in [3.63, 3.8) is 0 Å². The number of hydrogen-bond donors (Lipinski definition) is 0. The monoisotopic (exact) mass is 156 g/mol. The topological polar surface area (TPSA) is 9.23 Å². The summed E-state index contributed by atoms with van der Waals surface area (Å²) in [6.07, 6.45) is 8.15. The maximum Gasteiger partial charge on any atom is 0.0494 e. The molecule has 0 bridgehead atoms. The molecule has 1 nitrogen and oxygen atoms in total. The van der Waals surface area contributed by atoms with Gasteiger partial charge in [0, 0.05) is 13.2 Å². The van der Waals surface area contributed by atoms with Crippen LogP contribution < -0.4 is 0 Å². The highest BCUT2D eigenvalue weighted by molar-refractivity contribution is 4.60. The fraction of sp³-hybridized carbons (Fsp3) is 1.00. The SMILES string of the molecule is CCCC1CCCCCOC1. The van der Waals surface area contributed by atoms with Crippen LogP contribution in [0, 0.1) is 5.92 Å². The highest BCUT2D eigenvalue weighted by Gasteiger charge is 2.09. The van der Waals surface area contributed by atoms with E-state index in [1.54, 1.807) is 0 Å². The van der Waals surface area contributed by atoms with Gasteiger partial charge in [0.05, 0.1) is 0 Å². The van der Waals surface area contributed by atoms with Gasteiger partial charge in [-0.1, -0.05) is 26.2 Å². The van der Waals surface area contributed by atoms with Gasteiger partial charge in [-0.3, -0.25) is 0 Å². The molecule has 1 aliphatic rings. The van der Waals surface area contributed by atoms with E-state index < -0.39 is 0 Å². The quantitative estimate of drug-likeness (QED) is 0.597. The highest BCUT2D eigenvalue weighted by atomic mass is 16.5. The molecule has 0 aromatic carbocycles. The molecule has 11 heavy (non-hydrogen) atoms. The molecular formula is C10H20O. The lowest BCUT2D eigenvalue weighted by atomic mass is 9.96. The van der Waals surface area contributed by atoms with Crippen molar-refractivity contribution in [2.75, 3.05) is 13.2 Å². The van der Waals surface area contributed by atoms with Gasteiger partial charge in [-0.25, -0.2) is 0 Å². The fourth-order valence-electron chi connectivity index (χ4n) is 1.78. The van der Waals surface area contributed by atoms with Crippen molar-refractivity contribution < 1.29 is 4.74 Å². The van der Waals surface area contributed by atoms with Gasteiger partial charge >= 0.3 is 0 Å². The minimum atomic E-state index is 0.861. The predicted molar refractivity (Wildman–Crippen MR) is 47.7 cm³/mol. The molecule has 0 saturated carbocycles. The average Bonchev–Trinajstić information content (AvgIpc) is 1.94. The molecule has 0 radical (unpaired) electrons. The Labute approximate surface area is 70.1 Å². The molecule has 0 spiro atoms. The first kappa shape index (κ1) is 9.05. The lowest BCUT2D eigenvalue weighted by molar-refractivity contribution is 0.0775. The van der Waals surface area contributed by atoms with E-state index in [0.717, 1.165) is 19.1 Å². The van der Waals surface area contributed by atoms with E-state index in [9.17, 15) is 0 Å². The third-order valence-electron chi connectivity index (χ3n) is 2.45. The van der Waals surface area contributed by atoms with Crippen molar-refractivity contribution in [1.82, 2.24) is 0 Å². The number of hydrogen-bond acceptors (Lipinski definition) is 1. The summed E-state index contributed by atoms with van der Waals surface area (Å²) < 4.78 is 5.54. The van der Waals surface area contributed by atoms with Crippen molar-refractivity contribution in [3.8, 4) is 0 Å². The van der Waals surface area contributed by atoms with Crippen LogP contribution in [0.4, 0.5) is 0 Å². The lowest BCUT2D eigenvalue weighted by Crippen LogP contribution is -2.13. The van der Waals surface area contributed by atoms with Crippen molar-refractivity contribution in [3.05, 3.63) is 0 Å². The molecule has 1 rings (SSSR count). The predicted octanol–water partition coefficient (Wildman–Crippen LogP) is 2.99. The second-order valence-corrected chi connectivity index (χ2v) is 3.58. The summed E-state index contributed by atoms with van der Waals surface area (Å²) in [7, 11) is 0. The van der Waals surface area contributed by atoms with Crippen LogP contribution in [0.1, 0.15) is 45.4 Å². The van der Waals surface area contributed by atoms with E-state index in [0.29, 0.717) is 0 Å². The van der Waals surface area contributed by atoms with E-state index >= 15 is 0 Å². The molecule has 66 valence electrons. The minimum absolute atomic E-state index is 0.861. The Morgan fingerprint density at radius 3 is 3.00 bits per heavy atom. The third-order valence-corrected chi connectivity index (χ3v) is 2.45. The number of rotatable bonds is 2. The first-order valence-electron chi connectivity index (χ1n) is 5.01. The highest BCUT2D eigenvalue weighted by Crippen LogP contribution is 2.18. The second-order valence-electron chi connectivity index (χ2n) is 3.58. The zero-order valence-corrected chi connectivity index (χ0v) is 7.64. The molecule has 1 heterocycles. The molecule has 0 aliphatic carbocycles. The van der Waals surface area contributed by atoms with Gasteiger partial charge < -0.3 is 4.74 Å². The Hall–Kier alpha value is -0.0400. The molecular weight excluding hydrogens is 136 g/mol. The normalized spacial score (nSPS) is 27.5. The second kappa shape index (κ2) is 5.59. The molecule has 0 aromatic rings. The Morgan fingerprint density at radius 2 is 2.18 bits per heavy atom. The fourth-order valence-corrected chi connectivity index (χ4v) is 1.78. The summed E-state index contributed by atoms with van der Waals surface area (Å²) in [5.74, 6) is 0.861. The van der Waals surface area contributed by atoms with Crippen LogP contribution in [0.2, 0.25) is 0 Å². The van der Waals surface area contributed by atoms with Crippen LogP contribution in [-0.2, 0) is 4.74 Å². The molecule has 1 atom stereocenters. The lowest BCUT2D eigenvalue weighted by Gasteiger charge is -2.18. The van der Waals surface area contributed by atoms with Gasteiger partial charge in [0.1, 0.15) is 0 Å². The third kappa shape index (κ3) is 3.76.